The van der Waals surface area contributed by atoms with Crippen LogP contribution in [0.1, 0.15) is 17.3 Å². The zero-order valence-corrected chi connectivity index (χ0v) is 14.5. The number of aromatic nitrogens is 2. The van der Waals surface area contributed by atoms with Crippen LogP contribution in [0.2, 0.25) is 5.28 Å². The number of hydrogen-bond donors (Lipinski definition) is 2. The summed E-state index contributed by atoms with van der Waals surface area (Å²) in [7, 11) is 0. The summed E-state index contributed by atoms with van der Waals surface area (Å²) in [6, 6.07) is 5.27. The summed E-state index contributed by atoms with van der Waals surface area (Å²) in [5, 5.41) is 5.54. The van der Waals surface area contributed by atoms with Crippen molar-refractivity contribution < 1.29 is 14.3 Å². The lowest BCUT2D eigenvalue weighted by molar-refractivity contribution is -0.107. The predicted octanol–water partition coefficient (Wildman–Crippen LogP) is 3.53. The third-order valence-electron chi connectivity index (χ3n) is 3.35. The van der Waals surface area contributed by atoms with Crippen molar-refractivity contribution in [2.24, 2.45) is 0 Å². The fourth-order valence-electron chi connectivity index (χ4n) is 2.26. The van der Waals surface area contributed by atoms with Crippen LogP contribution in [0, 0.1) is 0 Å². The summed E-state index contributed by atoms with van der Waals surface area (Å²) in [4.78, 5) is 30.6. The van der Waals surface area contributed by atoms with Crippen LogP contribution < -0.4 is 15.4 Å². The molecule has 0 amide bonds. The smallest absolute Gasteiger partial charge is 0.247 e. The Morgan fingerprint density at radius 2 is 2.20 bits per heavy atom. The Hall–Kier alpha value is -2.64. The van der Waals surface area contributed by atoms with E-state index >= 15 is 0 Å². The SMILES string of the molecule is CC(=O)c1cnc(Cl)nc1Nc1ccc2c(c1)N/C(=C/C(=O)Cl)CO2. The first-order valence-corrected chi connectivity index (χ1v) is 7.92. The molecule has 3 rings (SSSR count). The van der Waals surface area contributed by atoms with E-state index in [1.165, 1.54) is 19.2 Å². The third-order valence-corrected chi connectivity index (χ3v) is 3.64. The molecule has 0 aliphatic carbocycles. The number of ketones is 1. The zero-order valence-electron chi connectivity index (χ0n) is 13.0. The van der Waals surface area contributed by atoms with Gasteiger partial charge in [0.1, 0.15) is 18.2 Å². The molecular weight excluding hydrogens is 367 g/mol. The van der Waals surface area contributed by atoms with Crippen molar-refractivity contribution in [1.29, 1.82) is 0 Å². The maximum Gasteiger partial charge on any atom is 0.247 e. The molecule has 7 nitrogen and oxygen atoms in total. The van der Waals surface area contributed by atoms with Gasteiger partial charge in [0.2, 0.25) is 10.5 Å². The molecule has 2 aromatic rings. The Morgan fingerprint density at radius 1 is 1.40 bits per heavy atom. The van der Waals surface area contributed by atoms with Gasteiger partial charge in [0.25, 0.3) is 0 Å². The number of halogens is 2. The largest absolute Gasteiger partial charge is 0.485 e. The minimum atomic E-state index is -0.592. The van der Waals surface area contributed by atoms with Crippen molar-refractivity contribution in [1.82, 2.24) is 9.97 Å². The topological polar surface area (TPSA) is 93.2 Å². The number of hydrogen-bond acceptors (Lipinski definition) is 7. The van der Waals surface area contributed by atoms with E-state index in [0.717, 1.165) is 0 Å². The molecule has 25 heavy (non-hydrogen) atoms. The third kappa shape index (κ3) is 4.07. The molecule has 1 aliphatic heterocycles. The molecule has 128 valence electrons. The van der Waals surface area contributed by atoms with E-state index in [9.17, 15) is 9.59 Å². The summed E-state index contributed by atoms with van der Waals surface area (Å²) in [6.07, 6.45) is 2.62. The standard InChI is InChI=1S/C16H12Cl2N4O3/c1-8(23)11-6-19-16(18)22-15(11)21-9-2-3-13-12(4-9)20-10(7-25-13)5-14(17)24/h2-6,20H,7H2,1H3,(H,19,21,22)/b10-5+. The number of allylic oxidation sites excluding steroid dienone is 1. The maximum absolute atomic E-state index is 11.7. The summed E-state index contributed by atoms with van der Waals surface area (Å²) in [5.74, 6) is 0.734. The number of ether oxygens (including phenoxy) is 1. The second-order valence-corrected chi connectivity index (χ2v) is 5.89. The second-order valence-electron chi connectivity index (χ2n) is 5.18. The van der Waals surface area contributed by atoms with Gasteiger partial charge in [0.15, 0.2) is 5.78 Å². The van der Waals surface area contributed by atoms with Crippen molar-refractivity contribution in [3.8, 4) is 5.75 Å². The van der Waals surface area contributed by atoms with Gasteiger partial charge in [-0.05, 0) is 48.3 Å². The van der Waals surface area contributed by atoms with Crippen LogP contribution in [-0.4, -0.2) is 27.6 Å². The van der Waals surface area contributed by atoms with Gasteiger partial charge in [-0.1, -0.05) is 0 Å². The van der Waals surface area contributed by atoms with E-state index in [0.29, 0.717) is 34.2 Å². The lowest BCUT2D eigenvalue weighted by Gasteiger charge is -2.22. The lowest BCUT2D eigenvalue weighted by atomic mass is 10.2. The first-order valence-electron chi connectivity index (χ1n) is 7.17. The van der Waals surface area contributed by atoms with Crippen LogP contribution in [0.15, 0.2) is 36.2 Å². The van der Waals surface area contributed by atoms with E-state index in [1.54, 1.807) is 18.2 Å². The molecular formula is C16H12Cl2N4O3. The number of nitrogens with zero attached hydrogens (tertiary/aromatic N) is 2. The van der Waals surface area contributed by atoms with Crippen molar-refractivity contribution >= 4 is 51.4 Å². The van der Waals surface area contributed by atoms with Crippen molar-refractivity contribution in [2.45, 2.75) is 6.92 Å². The number of anilines is 3. The number of carbonyl (C=O) groups is 2. The first kappa shape index (κ1) is 17.2. The average molecular weight is 379 g/mol. The molecule has 0 bridgehead atoms. The van der Waals surface area contributed by atoms with E-state index in [1.807, 2.05) is 0 Å². The van der Waals surface area contributed by atoms with Crippen LogP contribution >= 0.6 is 23.2 Å². The molecule has 0 radical (unpaired) electrons. The van der Waals surface area contributed by atoms with Crippen LogP contribution in [0.4, 0.5) is 17.2 Å². The van der Waals surface area contributed by atoms with Gasteiger partial charge in [0, 0.05) is 18.0 Å². The molecule has 2 N–H and O–H groups in total. The summed E-state index contributed by atoms with van der Waals surface area (Å²) in [6.45, 7) is 1.63. The van der Waals surface area contributed by atoms with Crippen LogP contribution in [-0.2, 0) is 4.79 Å². The molecule has 0 saturated carbocycles. The molecule has 1 aromatic carbocycles. The molecule has 0 fully saturated rings. The zero-order chi connectivity index (χ0) is 18.0. The number of carbonyl (C=O) groups excluding carboxylic acids is 2. The average Bonchev–Trinajstić information content (AvgIpc) is 2.53. The number of benzene rings is 1. The molecule has 1 aromatic heterocycles. The Labute approximate surface area is 153 Å². The van der Waals surface area contributed by atoms with Crippen LogP contribution in [0.3, 0.4) is 0 Å². The fourth-order valence-corrected chi connectivity index (χ4v) is 2.53. The first-order chi connectivity index (χ1) is 11.9. The van der Waals surface area contributed by atoms with Gasteiger partial charge < -0.3 is 15.4 Å². The van der Waals surface area contributed by atoms with Crippen LogP contribution in [0.5, 0.6) is 5.75 Å². The number of rotatable bonds is 4. The molecule has 2 heterocycles. The molecule has 1 aliphatic rings. The fraction of sp³-hybridized carbons (Fsp3) is 0.125. The molecule has 0 atom stereocenters. The predicted molar refractivity (Wildman–Crippen MR) is 94.8 cm³/mol. The highest BCUT2D eigenvalue weighted by Crippen LogP contribution is 2.34. The van der Waals surface area contributed by atoms with Gasteiger partial charge >= 0.3 is 0 Å². The van der Waals surface area contributed by atoms with E-state index in [-0.39, 0.29) is 17.7 Å². The van der Waals surface area contributed by atoms with Gasteiger partial charge in [-0.2, -0.15) is 4.98 Å². The molecule has 0 unspecified atom stereocenters. The molecule has 0 spiro atoms. The normalized spacial score (nSPS) is 14.3. The second kappa shape index (κ2) is 7.08. The number of nitrogens with one attached hydrogen (secondary N) is 2. The summed E-state index contributed by atoms with van der Waals surface area (Å²) < 4.78 is 5.55. The quantitative estimate of drug-likeness (QED) is 0.363. The Bertz CT molecular complexity index is 899. The maximum atomic E-state index is 11.7. The Morgan fingerprint density at radius 3 is 2.92 bits per heavy atom. The highest BCUT2D eigenvalue weighted by atomic mass is 35.5. The minimum Gasteiger partial charge on any atom is -0.485 e. The van der Waals surface area contributed by atoms with Crippen molar-refractivity contribution in [3.63, 3.8) is 0 Å². The molecule has 9 heteroatoms. The van der Waals surface area contributed by atoms with Crippen molar-refractivity contribution in [2.75, 3.05) is 17.2 Å². The van der Waals surface area contributed by atoms with Gasteiger partial charge in [-0.25, -0.2) is 4.98 Å². The Balaban J connectivity index is 1.90. The van der Waals surface area contributed by atoms with Gasteiger partial charge in [-0.3, -0.25) is 9.59 Å². The Kier molecular flexibility index (Phi) is 4.87. The van der Waals surface area contributed by atoms with E-state index < -0.39 is 5.24 Å². The highest BCUT2D eigenvalue weighted by molar-refractivity contribution is 6.66. The van der Waals surface area contributed by atoms with Crippen molar-refractivity contribution in [3.05, 3.63) is 47.0 Å². The van der Waals surface area contributed by atoms with E-state index in [2.05, 4.69) is 20.6 Å². The highest BCUT2D eigenvalue weighted by Gasteiger charge is 2.16. The summed E-state index contributed by atoms with van der Waals surface area (Å²) >= 11 is 11.2. The number of Topliss-reactive ketones (excluding diaryl/α,β-unsaturated/α-hetero) is 1. The lowest BCUT2D eigenvalue weighted by Crippen LogP contribution is -2.17. The van der Waals surface area contributed by atoms with Crippen LogP contribution in [0.25, 0.3) is 0 Å². The van der Waals surface area contributed by atoms with E-state index in [4.69, 9.17) is 27.9 Å². The monoisotopic (exact) mass is 378 g/mol. The molecule has 0 saturated heterocycles. The van der Waals surface area contributed by atoms with Gasteiger partial charge in [-0.15, -0.1) is 0 Å². The number of fused-ring (bicyclic) bond motifs is 1. The summed E-state index contributed by atoms with van der Waals surface area (Å²) in [5.41, 5.74) is 2.15. The van der Waals surface area contributed by atoms with Gasteiger partial charge in [0.05, 0.1) is 16.9 Å². The minimum absolute atomic E-state index is 0.0257.